The van der Waals surface area contributed by atoms with E-state index in [2.05, 4.69) is 10.6 Å². The van der Waals surface area contributed by atoms with E-state index in [4.69, 9.17) is 5.11 Å². The molecule has 0 aromatic rings. The molecule has 104 valence electrons. The van der Waals surface area contributed by atoms with Crippen molar-refractivity contribution in [2.45, 2.75) is 51.5 Å². The Bertz CT molecular complexity index is 275. The average Bonchev–Trinajstić information content (AvgIpc) is 2.35. The zero-order valence-electron chi connectivity index (χ0n) is 11.1. The number of carbonyl (C=O) groups excluding carboxylic acids is 1. The van der Waals surface area contributed by atoms with Crippen LogP contribution in [0.2, 0.25) is 0 Å². The molecule has 1 aliphatic rings. The molecule has 1 amide bonds. The molecule has 0 spiro atoms. The van der Waals surface area contributed by atoms with Gasteiger partial charge < -0.3 is 15.7 Å². The van der Waals surface area contributed by atoms with Crippen LogP contribution >= 0.6 is 0 Å². The molecule has 0 radical (unpaired) electrons. The van der Waals surface area contributed by atoms with Crippen LogP contribution in [0.15, 0.2) is 0 Å². The van der Waals surface area contributed by atoms with Gasteiger partial charge in [0.1, 0.15) is 6.04 Å². The van der Waals surface area contributed by atoms with E-state index in [1.54, 1.807) is 0 Å². The minimum absolute atomic E-state index is 0.132. The van der Waals surface area contributed by atoms with Crippen molar-refractivity contribution in [3.8, 4) is 0 Å². The fourth-order valence-electron chi connectivity index (χ4n) is 2.28. The molecular formula is C13H24N2O3. The van der Waals surface area contributed by atoms with Crippen molar-refractivity contribution in [3.05, 3.63) is 0 Å². The lowest BCUT2D eigenvalue weighted by Crippen LogP contribution is -2.42. The van der Waals surface area contributed by atoms with Gasteiger partial charge in [-0.15, -0.1) is 0 Å². The fraction of sp³-hybridized carbons (Fsp3) is 0.846. The Morgan fingerprint density at radius 3 is 2.83 bits per heavy atom. The van der Waals surface area contributed by atoms with Crippen molar-refractivity contribution < 1.29 is 14.7 Å². The van der Waals surface area contributed by atoms with Gasteiger partial charge in [0.05, 0.1) is 0 Å². The van der Waals surface area contributed by atoms with E-state index in [0.717, 1.165) is 38.8 Å². The SMILES string of the molecule is CCCCC(NC(=O)CC1CCCNC1)C(=O)O. The molecule has 1 heterocycles. The van der Waals surface area contributed by atoms with Crippen LogP contribution in [0.4, 0.5) is 0 Å². The molecule has 1 saturated heterocycles. The first-order valence-corrected chi connectivity index (χ1v) is 6.86. The topological polar surface area (TPSA) is 78.4 Å². The second kappa shape index (κ2) is 8.08. The molecule has 18 heavy (non-hydrogen) atoms. The number of hydrogen-bond donors (Lipinski definition) is 3. The van der Waals surface area contributed by atoms with Crippen molar-refractivity contribution in [1.29, 1.82) is 0 Å². The molecular weight excluding hydrogens is 232 g/mol. The van der Waals surface area contributed by atoms with Gasteiger partial charge >= 0.3 is 5.97 Å². The van der Waals surface area contributed by atoms with Gasteiger partial charge in [-0.05, 0) is 38.3 Å². The molecule has 0 saturated carbocycles. The van der Waals surface area contributed by atoms with Gasteiger partial charge in [0.25, 0.3) is 0 Å². The first-order valence-electron chi connectivity index (χ1n) is 6.86. The van der Waals surface area contributed by atoms with E-state index < -0.39 is 12.0 Å². The predicted molar refractivity (Wildman–Crippen MR) is 69.3 cm³/mol. The summed E-state index contributed by atoms with van der Waals surface area (Å²) in [5.74, 6) is -0.717. The summed E-state index contributed by atoms with van der Waals surface area (Å²) in [7, 11) is 0. The van der Waals surface area contributed by atoms with Crippen LogP contribution in [0, 0.1) is 5.92 Å². The van der Waals surface area contributed by atoms with E-state index >= 15 is 0 Å². The highest BCUT2D eigenvalue weighted by Crippen LogP contribution is 2.14. The van der Waals surface area contributed by atoms with Crippen LogP contribution < -0.4 is 10.6 Å². The standard InChI is InChI=1S/C13H24N2O3/c1-2-3-6-11(13(17)18)15-12(16)8-10-5-4-7-14-9-10/h10-11,14H,2-9H2,1H3,(H,15,16)(H,17,18). The van der Waals surface area contributed by atoms with E-state index in [9.17, 15) is 9.59 Å². The second-order valence-electron chi connectivity index (χ2n) is 5.02. The Labute approximate surface area is 108 Å². The van der Waals surface area contributed by atoms with Crippen LogP contribution in [0.1, 0.15) is 45.4 Å². The fourth-order valence-corrected chi connectivity index (χ4v) is 2.28. The molecule has 0 aromatic heterocycles. The van der Waals surface area contributed by atoms with Gasteiger partial charge in [0, 0.05) is 6.42 Å². The smallest absolute Gasteiger partial charge is 0.326 e. The molecule has 1 rings (SSSR count). The zero-order chi connectivity index (χ0) is 13.4. The van der Waals surface area contributed by atoms with Gasteiger partial charge in [-0.1, -0.05) is 19.8 Å². The number of carboxylic acid groups (broad SMARTS) is 1. The third kappa shape index (κ3) is 5.49. The Hall–Kier alpha value is -1.10. The van der Waals surface area contributed by atoms with Crippen LogP contribution in [0.3, 0.4) is 0 Å². The maximum Gasteiger partial charge on any atom is 0.326 e. The molecule has 0 bridgehead atoms. The van der Waals surface area contributed by atoms with Crippen molar-refractivity contribution in [3.63, 3.8) is 0 Å². The quantitative estimate of drug-likeness (QED) is 0.638. The number of rotatable bonds is 7. The second-order valence-corrected chi connectivity index (χ2v) is 5.02. The van der Waals surface area contributed by atoms with E-state index in [0.29, 0.717) is 18.8 Å². The maximum absolute atomic E-state index is 11.8. The lowest BCUT2D eigenvalue weighted by atomic mass is 9.95. The number of amides is 1. The Kier molecular flexibility index (Phi) is 6.72. The average molecular weight is 256 g/mol. The molecule has 1 fully saturated rings. The number of piperidine rings is 1. The third-order valence-corrected chi connectivity index (χ3v) is 3.35. The van der Waals surface area contributed by atoms with Gasteiger partial charge in [0.15, 0.2) is 0 Å². The third-order valence-electron chi connectivity index (χ3n) is 3.35. The molecule has 5 heteroatoms. The Morgan fingerprint density at radius 2 is 2.28 bits per heavy atom. The van der Waals surface area contributed by atoms with Gasteiger partial charge in [-0.25, -0.2) is 4.79 Å². The van der Waals surface area contributed by atoms with Crippen LogP contribution in [-0.4, -0.2) is 36.1 Å². The number of aliphatic carboxylic acids is 1. The van der Waals surface area contributed by atoms with E-state index in [-0.39, 0.29) is 5.91 Å². The summed E-state index contributed by atoms with van der Waals surface area (Å²) >= 11 is 0. The molecule has 5 nitrogen and oxygen atoms in total. The monoisotopic (exact) mass is 256 g/mol. The summed E-state index contributed by atoms with van der Waals surface area (Å²) in [5.41, 5.74) is 0. The summed E-state index contributed by atoms with van der Waals surface area (Å²) < 4.78 is 0. The molecule has 3 N–H and O–H groups in total. The van der Waals surface area contributed by atoms with Gasteiger partial charge in [-0.3, -0.25) is 4.79 Å². The van der Waals surface area contributed by atoms with E-state index in [1.807, 2.05) is 6.92 Å². The lowest BCUT2D eigenvalue weighted by Gasteiger charge is -2.23. The molecule has 2 atom stereocenters. The lowest BCUT2D eigenvalue weighted by molar-refractivity contribution is -0.142. The van der Waals surface area contributed by atoms with Crippen molar-refractivity contribution in [2.75, 3.05) is 13.1 Å². The minimum Gasteiger partial charge on any atom is -0.480 e. The summed E-state index contributed by atoms with van der Waals surface area (Å²) in [5, 5.41) is 14.9. The first kappa shape index (κ1) is 15.0. The van der Waals surface area contributed by atoms with Crippen molar-refractivity contribution >= 4 is 11.9 Å². The largest absolute Gasteiger partial charge is 0.480 e. The molecule has 2 unspecified atom stereocenters. The molecule has 0 aromatic carbocycles. The number of carboxylic acids is 1. The summed E-state index contributed by atoms with van der Waals surface area (Å²) in [4.78, 5) is 22.8. The highest BCUT2D eigenvalue weighted by molar-refractivity contribution is 5.83. The predicted octanol–water partition coefficient (Wildman–Crippen LogP) is 1.14. The van der Waals surface area contributed by atoms with Crippen LogP contribution in [-0.2, 0) is 9.59 Å². The summed E-state index contributed by atoms with van der Waals surface area (Å²) in [6, 6.07) is -0.728. The van der Waals surface area contributed by atoms with Crippen molar-refractivity contribution in [1.82, 2.24) is 10.6 Å². The van der Waals surface area contributed by atoms with Crippen LogP contribution in [0.5, 0.6) is 0 Å². The number of unbranched alkanes of at least 4 members (excludes halogenated alkanes) is 1. The molecule has 1 aliphatic heterocycles. The van der Waals surface area contributed by atoms with Crippen molar-refractivity contribution in [2.24, 2.45) is 5.92 Å². The number of nitrogens with one attached hydrogen (secondary N) is 2. The summed E-state index contributed by atoms with van der Waals surface area (Å²) in [6.45, 7) is 3.89. The Balaban J connectivity index is 2.32. The summed E-state index contributed by atoms with van der Waals surface area (Å²) in [6.07, 6.45) is 4.85. The first-order chi connectivity index (χ1) is 8.63. The van der Waals surface area contributed by atoms with Gasteiger partial charge in [0.2, 0.25) is 5.91 Å². The maximum atomic E-state index is 11.8. The Morgan fingerprint density at radius 1 is 1.50 bits per heavy atom. The zero-order valence-corrected chi connectivity index (χ0v) is 11.1. The number of hydrogen-bond acceptors (Lipinski definition) is 3. The highest BCUT2D eigenvalue weighted by Gasteiger charge is 2.22. The van der Waals surface area contributed by atoms with Crippen LogP contribution in [0.25, 0.3) is 0 Å². The minimum atomic E-state index is -0.932. The van der Waals surface area contributed by atoms with Gasteiger partial charge in [-0.2, -0.15) is 0 Å². The number of carbonyl (C=O) groups is 2. The molecule has 0 aliphatic carbocycles. The highest BCUT2D eigenvalue weighted by atomic mass is 16.4. The van der Waals surface area contributed by atoms with E-state index in [1.165, 1.54) is 0 Å². The normalized spacial score (nSPS) is 21.3.